The van der Waals surface area contributed by atoms with Gasteiger partial charge in [0.15, 0.2) is 0 Å². The molecule has 3 rings (SSSR count). The molecule has 3 aromatic rings. The molecule has 0 unspecified atom stereocenters. The van der Waals surface area contributed by atoms with Crippen LogP contribution in [0.2, 0.25) is 5.02 Å². The van der Waals surface area contributed by atoms with Crippen LogP contribution in [0.1, 0.15) is 11.3 Å². The smallest absolute Gasteiger partial charge is 0.309 e. The topological polar surface area (TPSA) is 54.6 Å². The fourth-order valence-electron chi connectivity index (χ4n) is 2.38. The van der Waals surface area contributed by atoms with Crippen LogP contribution < -0.4 is 0 Å². The van der Waals surface area contributed by atoms with E-state index in [1.165, 1.54) is 0 Å². The standard InChI is InChI=1S/C16H13ClN2O2/c1-10-8-11(5-6-12(10)17)16-13(9-15(20)21)19-7-3-2-4-14(19)18-16/h2-8H,9H2,1H3,(H,20,21). The Bertz CT molecular complexity index is 839. The lowest BCUT2D eigenvalue weighted by Crippen LogP contribution is -2.04. The van der Waals surface area contributed by atoms with E-state index in [4.69, 9.17) is 16.7 Å². The number of aliphatic carboxylic acids is 1. The minimum absolute atomic E-state index is 0.0812. The van der Waals surface area contributed by atoms with Gasteiger partial charge >= 0.3 is 5.97 Å². The molecule has 5 heteroatoms. The van der Waals surface area contributed by atoms with E-state index < -0.39 is 5.97 Å². The van der Waals surface area contributed by atoms with Crippen molar-refractivity contribution in [3.05, 3.63) is 58.9 Å². The van der Waals surface area contributed by atoms with E-state index in [0.29, 0.717) is 16.4 Å². The van der Waals surface area contributed by atoms with Crippen molar-refractivity contribution in [2.24, 2.45) is 0 Å². The lowest BCUT2D eigenvalue weighted by Gasteiger charge is -2.05. The van der Waals surface area contributed by atoms with Crippen molar-refractivity contribution in [1.29, 1.82) is 0 Å². The molecule has 1 aromatic carbocycles. The summed E-state index contributed by atoms with van der Waals surface area (Å²) in [6.45, 7) is 1.92. The zero-order valence-electron chi connectivity index (χ0n) is 11.4. The number of benzene rings is 1. The summed E-state index contributed by atoms with van der Waals surface area (Å²) in [6.07, 6.45) is 1.75. The molecule has 0 aliphatic carbocycles. The van der Waals surface area contributed by atoms with Gasteiger partial charge in [0, 0.05) is 16.8 Å². The molecule has 0 saturated carbocycles. The number of carboxylic acids is 1. The summed E-state index contributed by atoms with van der Waals surface area (Å²) in [5.41, 5.74) is 3.89. The molecule has 2 aromatic heterocycles. The maximum Gasteiger partial charge on any atom is 0.309 e. The summed E-state index contributed by atoms with van der Waals surface area (Å²) in [5, 5.41) is 9.84. The predicted molar refractivity (Wildman–Crippen MR) is 81.7 cm³/mol. The van der Waals surface area contributed by atoms with Crippen LogP contribution in [0.4, 0.5) is 0 Å². The minimum Gasteiger partial charge on any atom is -0.481 e. The van der Waals surface area contributed by atoms with Crippen molar-refractivity contribution in [2.75, 3.05) is 0 Å². The number of imidazole rings is 1. The third-order valence-electron chi connectivity index (χ3n) is 3.38. The zero-order chi connectivity index (χ0) is 15.0. The van der Waals surface area contributed by atoms with Crippen LogP contribution in [0.3, 0.4) is 0 Å². The number of aromatic nitrogens is 2. The van der Waals surface area contributed by atoms with Gasteiger partial charge in [-0.3, -0.25) is 4.79 Å². The van der Waals surface area contributed by atoms with Gasteiger partial charge in [-0.25, -0.2) is 4.98 Å². The van der Waals surface area contributed by atoms with Gasteiger partial charge in [-0.15, -0.1) is 0 Å². The first-order chi connectivity index (χ1) is 10.1. The lowest BCUT2D eigenvalue weighted by molar-refractivity contribution is -0.136. The summed E-state index contributed by atoms with van der Waals surface area (Å²) >= 11 is 6.05. The number of hydrogen-bond donors (Lipinski definition) is 1. The normalized spacial score (nSPS) is 11.0. The number of carboxylic acid groups (broad SMARTS) is 1. The third kappa shape index (κ3) is 2.50. The second-order valence-electron chi connectivity index (χ2n) is 4.87. The Morgan fingerprint density at radius 2 is 2.14 bits per heavy atom. The fraction of sp³-hybridized carbons (Fsp3) is 0.125. The third-order valence-corrected chi connectivity index (χ3v) is 3.80. The largest absolute Gasteiger partial charge is 0.481 e. The monoisotopic (exact) mass is 300 g/mol. The number of hydrogen-bond acceptors (Lipinski definition) is 2. The molecule has 0 bridgehead atoms. The van der Waals surface area contributed by atoms with E-state index in [9.17, 15) is 4.79 Å². The number of pyridine rings is 1. The predicted octanol–water partition coefficient (Wildman–Crippen LogP) is 3.59. The molecule has 4 nitrogen and oxygen atoms in total. The molecule has 106 valence electrons. The molecule has 2 heterocycles. The molecule has 1 N–H and O–H groups in total. The number of fused-ring (bicyclic) bond motifs is 1. The Kier molecular flexibility index (Phi) is 3.39. The molecule has 0 spiro atoms. The Hall–Kier alpha value is -2.33. The highest BCUT2D eigenvalue weighted by Gasteiger charge is 2.16. The highest BCUT2D eigenvalue weighted by molar-refractivity contribution is 6.31. The Balaban J connectivity index is 2.25. The van der Waals surface area contributed by atoms with E-state index in [2.05, 4.69) is 4.98 Å². The average Bonchev–Trinajstić information content (AvgIpc) is 2.80. The maximum absolute atomic E-state index is 11.2. The van der Waals surface area contributed by atoms with Crippen molar-refractivity contribution in [3.63, 3.8) is 0 Å². The molecular weight excluding hydrogens is 288 g/mol. The fourth-order valence-corrected chi connectivity index (χ4v) is 2.50. The first kappa shape index (κ1) is 13.6. The van der Waals surface area contributed by atoms with Gasteiger partial charge in [-0.05, 0) is 36.8 Å². The molecule has 0 aliphatic rings. The molecule has 0 aliphatic heterocycles. The molecule has 21 heavy (non-hydrogen) atoms. The number of nitrogens with zero attached hydrogens (tertiary/aromatic N) is 2. The van der Waals surface area contributed by atoms with Crippen LogP contribution in [-0.2, 0) is 11.2 Å². The maximum atomic E-state index is 11.2. The van der Waals surface area contributed by atoms with Gasteiger partial charge in [0.05, 0.1) is 17.8 Å². The van der Waals surface area contributed by atoms with Crippen LogP contribution in [0.5, 0.6) is 0 Å². The molecule has 0 amide bonds. The van der Waals surface area contributed by atoms with Crippen LogP contribution in [0.25, 0.3) is 16.9 Å². The van der Waals surface area contributed by atoms with Crippen molar-refractivity contribution >= 4 is 23.2 Å². The number of aryl methyl sites for hydroxylation is 1. The van der Waals surface area contributed by atoms with E-state index in [-0.39, 0.29) is 6.42 Å². The van der Waals surface area contributed by atoms with Crippen molar-refractivity contribution in [3.8, 4) is 11.3 Å². The Morgan fingerprint density at radius 3 is 2.86 bits per heavy atom. The summed E-state index contributed by atoms with van der Waals surface area (Å²) in [4.78, 5) is 15.7. The van der Waals surface area contributed by atoms with Crippen molar-refractivity contribution < 1.29 is 9.90 Å². The van der Waals surface area contributed by atoms with E-state index >= 15 is 0 Å². The summed E-state index contributed by atoms with van der Waals surface area (Å²) in [7, 11) is 0. The van der Waals surface area contributed by atoms with E-state index in [1.807, 2.05) is 47.9 Å². The molecule has 0 fully saturated rings. The second kappa shape index (κ2) is 5.22. The quantitative estimate of drug-likeness (QED) is 0.804. The van der Waals surface area contributed by atoms with Gasteiger partial charge in [-0.1, -0.05) is 23.7 Å². The van der Waals surface area contributed by atoms with Crippen molar-refractivity contribution in [2.45, 2.75) is 13.3 Å². The number of rotatable bonds is 3. The lowest BCUT2D eigenvalue weighted by atomic mass is 10.1. The SMILES string of the molecule is Cc1cc(-c2nc3ccccn3c2CC(=O)O)ccc1Cl. The van der Waals surface area contributed by atoms with Gasteiger partial charge in [0.2, 0.25) is 0 Å². The van der Waals surface area contributed by atoms with Gasteiger partial charge in [0.1, 0.15) is 5.65 Å². The van der Waals surface area contributed by atoms with Crippen LogP contribution in [0, 0.1) is 6.92 Å². The molecule has 0 saturated heterocycles. The average molecular weight is 301 g/mol. The molecule has 0 atom stereocenters. The van der Waals surface area contributed by atoms with Crippen molar-refractivity contribution in [1.82, 2.24) is 9.38 Å². The van der Waals surface area contributed by atoms with Crippen LogP contribution in [0.15, 0.2) is 42.6 Å². The highest BCUT2D eigenvalue weighted by atomic mass is 35.5. The summed E-state index contributed by atoms with van der Waals surface area (Å²) in [5.74, 6) is -0.882. The van der Waals surface area contributed by atoms with E-state index in [1.54, 1.807) is 6.07 Å². The second-order valence-corrected chi connectivity index (χ2v) is 5.28. The molecular formula is C16H13ClN2O2. The van der Waals surface area contributed by atoms with E-state index in [0.717, 1.165) is 16.8 Å². The van der Waals surface area contributed by atoms with Gasteiger partial charge in [0.25, 0.3) is 0 Å². The first-order valence-electron chi connectivity index (χ1n) is 6.50. The summed E-state index contributed by atoms with van der Waals surface area (Å²) in [6, 6.07) is 11.2. The minimum atomic E-state index is -0.882. The highest BCUT2D eigenvalue weighted by Crippen LogP contribution is 2.28. The number of carbonyl (C=O) groups is 1. The first-order valence-corrected chi connectivity index (χ1v) is 6.88. The van der Waals surface area contributed by atoms with Gasteiger partial charge < -0.3 is 9.51 Å². The number of halogens is 1. The van der Waals surface area contributed by atoms with Crippen LogP contribution in [-0.4, -0.2) is 20.5 Å². The zero-order valence-corrected chi connectivity index (χ0v) is 12.1. The Labute approximate surface area is 126 Å². The van der Waals surface area contributed by atoms with Gasteiger partial charge in [-0.2, -0.15) is 0 Å². The summed E-state index contributed by atoms with van der Waals surface area (Å²) < 4.78 is 1.81. The Morgan fingerprint density at radius 1 is 1.33 bits per heavy atom. The molecule has 0 radical (unpaired) electrons. The van der Waals surface area contributed by atoms with Crippen LogP contribution >= 0.6 is 11.6 Å².